The molecule has 0 radical (unpaired) electrons. The van der Waals surface area contributed by atoms with E-state index in [0.717, 1.165) is 16.0 Å². The zero-order chi connectivity index (χ0) is 25.2. The van der Waals surface area contributed by atoms with Crippen LogP contribution in [0.3, 0.4) is 0 Å². The smallest absolute Gasteiger partial charge is 0.291 e. The lowest BCUT2D eigenvalue weighted by atomic mass is 10.1. The number of anilines is 2. The normalized spacial score (nSPS) is 12.4. The van der Waals surface area contributed by atoms with Crippen molar-refractivity contribution in [2.75, 3.05) is 10.2 Å². The van der Waals surface area contributed by atoms with Gasteiger partial charge in [0.05, 0.1) is 23.1 Å². The minimum Gasteiger partial charge on any atom is -0.459 e. The Kier molecular flexibility index (Phi) is 5.92. The molecule has 1 aliphatic heterocycles. The van der Waals surface area contributed by atoms with Crippen LogP contribution in [0, 0.1) is 6.92 Å². The van der Waals surface area contributed by atoms with E-state index in [1.165, 1.54) is 24.5 Å². The first-order valence-corrected chi connectivity index (χ1v) is 11.2. The highest BCUT2D eigenvalue weighted by Crippen LogP contribution is 2.31. The van der Waals surface area contributed by atoms with Gasteiger partial charge < -0.3 is 15.1 Å². The second-order valence-electron chi connectivity index (χ2n) is 8.31. The molecule has 0 bridgehead atoms. The molecule has 0 saturated heterocycles. The van der Waals surface area contributed by atoms with Crippen LogP contribution in [0.4, 0.5) is 11.4 Å². The van der Waals surface area contributed by atoms with E-state index in [2.05, 4.69) is 10.6 Å². The van der Waals surface area contributed by atoms with Gasteiger partial charge in [0.2, 0.25) is 0 Å². The minimum absolute atomic E-state index is 0.193. The molecule has 2 N–H and O–H groups in total. The van der Waals surface area contributed by atoms with Crippen molar-refractivity contribution in [1.29, 1.82) is 0 Å². The largest absolute Gasteiger partial charge is 0.459 e. The van der Waals surface area contributed by atoms with Crippen molar-refractivity contribution in [1.82, 2.24) is 5.32 Å². The number of nitrogens with one attached hydrogen (secondary N) is 2. The molecule has 0 fully saturated rings. The lowest BCUT2D eigenvalue weighted by Gasteiger charge is -2.16. The number of nitrogens with zero attached hydrogens (tertiary/aromatic N) is 1. The van der Waals surface area contributed by atoms with Crippen LogP contribution in [-0.2, 0) is 6.54 Å². The number of aryl methyl sites for hydroxylation is 1. The van der Waals surface area contributed by atoms with Crippen molar-refractivity contribution < 1.29 is 23.6 Å². The molecule has 0 aliphatic carbocycles. The van der Waals surface area contributed by atoms with Crippen LogP contribution in [0.5, 0.6) is 0 Å². The Labute approximate surface area is 206 Å². The van der Waals surface area contributed by atoms with Crippen LogP contribution in [0.25, 0.3) is 0 Å². The molecule has 36 heavy (non-hydrogen) atoms. The van der Waals surface area contributed by atoms with Gasteiger partial charge in [0.1, 0.15) is 0 Å². The molecule has 4 amide bonds. The lowest BCUT2D eigenvalue weighted by Crippen LogP contribution is -2.30. The van der Waals surface area contributed by atoms with Crippen molar-refractivity contribution in [2.24, 2.45) is 0 Å². The highest BCUT2D eigenvalue weighted by Gasteiger charge is 2.37. The first-order chi connectivity index (χ1) is 17.4. The highest BCUT2D eigenvalue weighted by atomic mass is 16.3. The zero-order valence-electron chi connectivity index (χ0n) is 19.3. The topological polar surface area (TPSA) is 109 Å². The Morgan fingerprint density at radius 1 is 0.833 bits per heavy atom. The molecule has 4 aromatic rings. The van der Waals surface area contributed by atoms with Crippen molar-refractivity contribution in [3.8, 4) is 0 Å². The second-order valence-corrected chi connectivity index (χ2v) is 8.31. The third-order valence-electron chi connectivity index (χ3n) is 5.89. The maximum absolute atomic E-state index is 13.1. The van der Waals surface area contributed by atoms with Gasteiger partial charge in [-0.1, -0.05) is 30.3 Å². The molecule has 8 nitrogen and oxygen atoms in total. The van der Waals surface area contributed by atoms with Crippen molar-refractivity contribution in [3.63, 3.8) is 0 Å². The number of carbonyl (C=O) groups excluding carboxylic acids is 4. The van der Waals surface area contributed by atoms with Crippen LogP contribution in [0.15, 0.2) is 89.5 Å². The van der Waals surface area contributed by atoms with Crippen molar-refractivity contribution in [2.45, 2.75) is 13.5 Å². The summed E-state index contributed by atoms with van der Waals surface area (Å²) < 4.78 is 5.09. The van der Waals surface area contributed by atoms with E-state index < -0.39 is 17.7 Å². The Hall–Kier alpha value is -4.98. The van der Waals surface area contributed by atoms with Gasteiger partial charge in [-0.15, -0.1) is 0 Å². The molecule has 2 heterocycles. The van der Waals surface area contributed by atoms with E-state index in [1.54, 1.807) is 42.5 Å². The standard InChI is InChI=1S/C28H21N3O5/c1-17-6-2-3-9-23(17)31-27(34)21-12-11-19(15-22(21)28(31)35)25(32)29-16-18-7-4-8-20(14-18)30-26(33)24-10-5-13-36-24/h2-15H,16H2,1H3,(H,29,32)(H,30,33). The molecule has 1 aliphatic rings. The van der Waals surface area contributed by atoms with E-state index >= 15 is 0 Å². The molecule has 0 saturated carbocycles. The average Bonchev–Trinajstić information content (AvgIpc) is 3.51. The van der Waals surface area contributed by atoms with E-state index in [1.807, 2.05) is 25.1 Å². The number of fused-ring (bicyclic) bond motifs is 1. The molecule has 1 aromatic heterocycles. The molecule has 178 valence electrons. The fourth-order valence-corrected chi connectivity index (χ4v) is 4.06. The third-order valence-corrected chi connectivity index (χ3v) is 5.89. The number of carbonyl (C=O) groups is 4. The molecular weight excluding hydrogens is 458 g/mol. The summed E-state index contributed by atoms with van der Waals surface area (Å²) in [6.07, 6.45) is 1.42. The number of rotatable bonds is 6. The van der Waals surface area contributed by atoms with Gasteiger partial charge in [0.15, 0.2) is 5.76 Å². The van der Waals surface area contributed by atoms with Gasteiger partial charge in [-0.2, -0.15) is 0 Å². The average molecular weight is 479 g/mol. The predicted octanol–water partition coefficient (Wildman–Crippen LogP) is 4.57. The quantitative estimate of drug-likeness (QED) is 0.394. The Bertz CT molecular complexity index is 1510. The monoisotopic (exact) mass is 479 g/mol. The van der Waals surface area contributed by atoms with E-state index in [0.29, 0.717) is 11.4 Å². The fourth-order valence-electron chi connectivity index (χ4n) is 4.06. The van der Waals surface area contributed by atoms with Crippen LogP contribution in [0.2, 0.25) is 0 Å². The number of imide groups is 1. The summed E-state index contributed by atoms with van der Waals surface area (Å²) in [6, 6.07) is 21.9. The summed E-state index contributed by atoms with van der Waals surface area (Å²) in [5.74, 6) is -1.45. The summed E-state index contributed by atoms with van der Waals surface area (Å²) in [5, 5.41) is 5.56. The fraction of sp³-hybridized carbons (Fsp3) is 0.0714. The maximum Gasteiger partial charge on any atom is 0.291 e. The van der Waals surface area contributed by atoms with Gasteiger partial charge in [0, 0.05) is 17.8 Å². The molecule has 0 spiro atoms. The van der Waals surface area contributed by atoms with Crippen LogP contribution in [0.1, 0.15) is 52.8 Å². The van der Waals surface area contributed by atoms with Crippen molar-refractivity contribution >= 4 is 35.0 Å². The number of hydrogen-bond donors (Lipinski definition) is 2. The van der Waals surface area contributed by atoms with Gasteiger partial charge in [-0.25, -0.2) is 4.90 Å². The minimum atomic E-state index is -0.459. The lowest BCUT2D eigenvalue weighted by molar-refractivity contribution is 0.0922. The maximum atomic E-state index is 13.1. The molecule has 0 atom stereocenters. The highest BCUT2D eigenvalue weighted by molar-refractivity contribution is 6.35. The van der Waals surface area contributed by atoms with Crippen LogP contribution >= 0.6 is 0 Å². The molecular formula is C28H21N3O5. The van der Waals surface area contributed by atoms with Gasteiger partial charge in [-0.3, -0.25) is 19.2 Å². The Balaban J connectivity index is 1.28. The summed E-state index contributed by atoms with van der Waals surface area (Å²) >= 11 is 0. The number of amides is 4. The van der Waals surface area contributed by atoms with Gasteiger partial charge >= 0.3 is 0 Å². The predicted molar refractivity (Wildman–Crippen MR) is 133 cm³/mol. The van der Waals surface area contributed by atoms with Crippen LogP contribution < -0.4 is 15.5 Å². The zero-order valence-corrected chi connectivity index (χ0v) is 19.3. The van der Waals surface area contributed by atoms with E-state index in [4.69, 9.17) is 4.42 Å². The van der Waals surface area contributed by atoms with Gasteiger partial charge in [-0.05, 0) is 66.6 Å². The molecule has 3 aromatic carbocycles. The first kappa shape index (κ1) is 22.8. The molecule has 8 heteroatoms. The SMILES string of the molecule is Cc1ccccc1N1C(=O)c2ccc(C(=O)NCc3cccc(NC(=O)c4ccco4)c3)cc2C1=O. The number of benzene rings is 3. The molecule has 5 rings (SSSR count). The second kappa shape index (κ2) is 9.34. The number of hydrogen-bond acceptors (Lipinski definition) is 5. The summed E-state index contributed by atoms with van der Waals surface area (Å²) in [4.78, 5) is 52.1. The summed E-state index contributed by atoms with van der Waals surface area (Å²) in [7, 11) is 0. The number of para-hydroxylation sites is 1. The Morgan fingerprint density at radius 3 is 2.42 bits per heavy atom. The summed E-state index contributed by atoms with van der Waals surface area (Å²) in [5.41, 5.74) is 3.36. The van der Waals surface area contributed by atoms with Crippen molar-refractivity contribution in [3.05, 3.63) is 119 Å². The van der Waals surface area contributed by atoms with Crippen LogP contribution in [-0.4, -0.2) is 23.6 Å². The van der Waals surface area contributed by atoms with E-state index in [9.17, 15) is 19.2 Å². The van der Waals surface area contributed by atoms with Gasteiger partial charge in [0.25, 0.3) is 23.6 Å². The summed E-state index contributed by atoms with van der Waals surface area (Å²) in [6.45, 7) is 2.03. The first-order valence-electron chi connectivity index (χ1n) is 11.2. The Morgan fingerprint density at radius 2 is 1.64 bits per heavy atom. The van der Waals surface area contributed by atoms with E-state index in [-0.39, 0.29) is 34.9 Å². The molecule has 0 unspecified atom stereocenters. The third kappa shape index (κ3) is 4.27. The number of furan rings is 1.